The number of carbonyl (C=O) groups is 2. The third-order valence-corrected chi connectivity index (χ3v) is 8.84. The van der Waals surface area contributed by atoms with E-state index < -0.39 is 92.7 Å². The van der Waals surface area contributed by atoms with Gasteiger partial charge in [0.15, 0.2) is 18.7 Å². The molecule has 2 aliphatic heterocycles. The van der Waals surface area contributed by atoms with Crippen molar-refractivity contribution in [1.29, 1.82) is 0 Å². The molecule has 0 aliphatic carbocycles. The number of aliphatic hydroxyl groups is 7. The van der Waals surface area contributed by atoms with E-state index in [0.29, 0.717) is 12.8 Å². The van der Waals surface area contributed by atoms with Gasteiger partial charge in [0.2, 0.25) is 0 Å². The molecule has 15 heteroatoms. The summed E-state index contributed by atoms with van der Waals surface area (Å²) < 4.78 is 32.9. The zero-order valence-electron chi connectivity index (χ0n) is 29.2. The predicted molar refractivity (Wildman–Crippen MR) is 174 cm³/mol. The van der Waals surface area contributed by atoms with Crippen molar-refractivity contribution < 1.29 is 73.8 Å². The molecule has 0 aromatic heterocycles. The second kappa shape index (κ2) is 24.6. The average molecular weight is 711 g/mol. The lowest BCUT2D eigenvalue weighted by atomic mass is 9.98. The van der Waals surface area contributed by atoms with Crippen molar-refractivity contribution in [2.45, 2.75) is 178 Å². The number of hydrogen-bond donors (Lipinski definition) is 7. The minimum Gasteiger partial charge on any atom is -0.462 e. The lowest BCUT2D eigenvalue weighted by Gasteiger charge is -2.42. The van der Waals surface area contributed by atoms with E-state index >= 15 is 0 Å². The van der Waals surface area contributed by atoms with Gasteiger partial charge in [0.1, 0.15) is 55.4 Å². The van der Waals surface area contributed by atoms with Crippen LogP contribution in [0.3, 0.4) is 0 Å². The summed E-state index contributed by atoms with van der Waals surface area (Å²) >= 11 is 0. The first-order valence-corrected chi connectivity index (χ1v) is 18.1. The van der Waals surface area contributed by atoms with E-state index in [-0.39, 0.29) is 26.1 Å². The summed E-state index contributed by atoms with van der Waals surface area (Å²) in [4.78, 5) is 24.9. The molecule has 0 radical (unpaired) electrons. The first-order valence-electron chi connectivity index (χ1n) is 18.1. The SMILES string of the molecule is CCCCCCCCCCCCC(=O)OC(COC(=O)CCCCC)COC1OC(COC2OC(CO)C(O)C(O)C2O)C(O)C(O)C1O. The number of unbranched alkanes of at least 4 members (excludes halogenated alkanes) is 11. The molecule has 7 N–H and O–H groups in total. The molecular weight excluding hydrogens is 648 g/mol. The third kappa shape index (κ3) is 15.7. The van der Waals surface area contributed by atoms with E-state index in [1.165, 1.54) is 38.5 Å². The van der Waals surface area contributed by atoms with Gasteiger partial charge in [-0.2, -0.15) is 0 Å². The molecule has 49 heavy (non-hydrogen) atoms. The van der Waals surface area contributed by atoms with Crippen LogP contribution < -0.4 is 0 Å². The van der Waals surface area contributed by atoms with Gasteiger partial charge in [0.05, 0.1) is 19.8 Å². The Bertz CT molecular complexity index is 892. The largest absolute Gasteiger partial charge is 0.462 e. The maximum Gasteiger partial charge on any atom is 0.306 e. The second-order valence-electron chi connectivity index (χ2n) is 13.1. The smallest absolute Gasteiger partial charge is 0.306 e. The first kappa shape index (κ1) is 43.7. The van der Waals surface area contributed by atoms with Gasteiger partial charge in [-0.3, -0.25) is 9.59 Å². The Hall–Kier alpha value is -1.50. The van der Waals surface area contributed by atoms with Crippen molar-refractivity contribution in [2.75, 3.05) is 26.4 Å². The number of aliphatic hydroxyl groups excluding tert-OH is 7. The van der Waals surface area contributed by atoms with Gasteiger partial charge in [0, 0.05) is 12.8 Å². The van der Waals surface area contributed by atoms with Gasteiger partial charge >= 0.3 is 11.9 Å². The number of esters is 2. The van der Waals surface area contributed by atoms with E-state index in [4.69, 9.17) is 28.4 Å². The lowest BCUT2D eigenvalue weighted by molar-refractivity contribution is -0.332. The monoisotopic (exact) mass is 710 g/mol. The molecule has 0 aromatic rings. The van der Waals surface area contributed by atoms with Crippen molar-refractivity contribution in [3.05, 3.63) is 0 Å². The molecular formula is C34H62O15. The highest BCUT2D eigenvalue weighted by atomic mass is 16.7. The molecule has 0 spiro atoms. The fourth-order valence-electron chi connectivity index (χ4n) is 5.68. The molecule has 2 saturated heterocycles. The van der Waals surface area contributed by atoms with Gasteiger partial charge in [-0.05, 0) is 12.8 Å². The van der Waals surface area contributed by atoms with Crippen LogP contribution in [0.25, 0.3) is 0 Å². The maximum atomic E-state index is 12.7. The van der Waals surface area contributed by atoms with E-state index in [1.54, 1.807) is 0 Å². The Morgan fingerprint density at radius 2 is 1.04 bits per heavy atom. The molecule has 0 bridgehead atoms. The molecule has 2 aliphatic rings. The standard InChI is InChI=1S/C34H62O15/c1-3-5-7-8-9-10-11-12-13-15-17-26(37)47-22(19-44-25(36)16-14-6-4-2)20-45-33-32(43)30(41)28(39)24(49-33)21-46-34-31(42)29(40)27(38)23(18-35)48-34/h22-24,27-35,38-43H,3-21H2,1-2H3. The molecule has 0 aromatic carbocycles. The van der Waals surface area contributed by atoms with Gasteiger partial charge in [-0.15, -0.1) is 0 Å². The minimum atomic E-state index is -1.75. The lowest BCUT2D eigenvalue weighted by Crippen LogP contribution is -2.61. The average Bonchev–Trinajstić information content (AvgIpc) is 3.09. The first-order chi connectivity index (χ1) is 23.5. The van der Waals surface area contributed by atoms with E-state index in [1.807, 2.05) is 6.92 Å². The topological polar surface area (TPSA) is 231 Å². The van der Waals surface area contributed by atoms with E-state index in [2.05, 4.69) is 6.92 Å². The maximum absolute atomic E-state index is 12.7. The van der Waals surface area contributed by atoms with Crippen molar-refractivity contribution in [3.8, 4) is 0 Å². The fraction of sp³-hybridized carbons (Fsp3) is 0.941. The summed E-state index contributed by atoms with van der Waals surface area (Å²) in [5, 5.41) is 71.1. The number of ether oxygens (including phenoxy) is 6. The molecule has 2 rings (SSSR count). The van der Waals surface area contributed by atoms with E-state index in [9.17, 15) is 45.3 Å². The highest BCUT2D eigenvalue weighted by Gasteiger charge is 2.47. The molecule has 2 heterocycles. The van der Waals surface area contributed by atoms with Crippen LogP contribution in [0.1, 0.15) is 110 Å². The summed E-state index contributed by atoms with van der Waals surface area (Å²) in [5.41, 5.74) is 0. The minimum absolute atomic E-state index is 0.169. The Morgan fingerprint density at radius 1 is 0.571 bits per heavy atom. The molecule has 2 fully saturated rings. The van der Waals surface area contributed by atoms with Crippen LogP contribution in [0.4, 0.5) is 0 Å². The van der Waals surface area contributed by atoms with Crippen molar-refractivity contribution in [2.24, 2.45) is 0 Å². The van der Waals surface area contributed by atoms with Crippen LogP contribution in [0, 0.1) is 0 Å². The highest BCUT2D eigenvalue weighted by molar-refractivity contribution is 5.70. The zero-order chi connectivity index (χ0) is 36.2. The summed E-state index contributed by atoms with van der Waals surface area (Å²) in [7, 11) is 0. The van der Waals surface area contributed by atoms with Crippen molar-refractivity contribution in [1.82, 2.24) is 0 Å². The van der Waals surface area contributed by atoms with Gasteiger partial charge in [-0.1, -0.05) is 84.5 Å². The summed E-state index contributed by atoms with van der Waals surface area (Å²) in [6, 6.07) is 0. The third-order valence-electron chi connectivity index (χ3n) is 8.84. The summed E-state index contributed by atoms with van der Waals surface area (Å²) in [5.74, 6) is -0.955. The fourth-order valence-corrected chi connectivity index (χ4v) is 5.68. The molecule has 11 unspecified atom stereocenters. The summed E-state index contributed by atoms with van der Waals surface area (Å²) in [6.45, 7) is 2.33. The molecule has 0 saturated carbocycles. The predicted octanol–water partition coefficient (Wildman–Crippen LogP) is 0.973. The Balaban J connectivity index is 1.90. The van der Waals surface area contributed by atoms with Crippen LogP contribution in [0.5, 0.6) is 0 Å². The Kier molecular flexibility index (Phi) is 22.0. The molecule has 0 amide bonds. The van der Waals surface area contributed by atoms with Crippen LogP contribution >= 0.6 is 0 Å². The normalized spacial score (nSPS) is 31.0. The number of rotatable bonds is 25. The number of carbonyl (C=O) groups excluding carboxylic acids is 2. The van der Waals surface area contributed by atoms with Crippen LogP contribution in [0.2, 0.25) is 0 Å². The Labute approximate surface area is 289 Å². The quantitative estimate of drug-likeness (QED) is 0.0517. The van der Waals surface area contributed by atoms with Crippen LogP contribution in [0.15, 0.2) is 0 Å². The molecule has 11 atom stereocenters. The van der Waals surface area contributed by atoms with E-state index in [0.717, 1.165) is 32.1 Å². The van der Waals surface area contributed by atoms with Crippen LogP contribution in [-0.4, -0.2) is 142 Å². The highest BCUT2D eigenvalue weighted by Crippen LogP contribution is 2.26. The number of hydrogen-bond acceptors (Lipinski definition) is 15. The van der Waals surface area contributed by atoms with Gasteiger partial charge in [0.25, 0.3) is 0 Å². The second-order valence-corrected chi connectivity index (χ2v) is 13.1. The zero-order valence-corrected chi connectivity index (χ0v) is 29.2. The Morgan fingerprint density at radius 3 is 1.63 bits per heavy atom. The summed E-state index contributed by atoms with van der Waals surface area (Å²) in [6.07, 6.45) is -2.89. The molecule has 15 nitrogen and oxygen atoms in total. The van der Waals surface area contributed by atoms with Crippen LogP contribution in [-0.2, 0) is 38.0 Å². The molecule has 288 valence electrons. The van der Waals surface area contributed by atoms with Crippen molar-refractivity contribution >= 4 is 11.9 Å². The van der Waals surface area contributed by atoms with Crippen molar-refractivity contribution in [3.63, 3.8) is 0 Å². The van der Waals surface area contributed by atoms with Gasteiger partial charge in [-0.25, -0.2) is 0 Å². The van der Waals surface area contributed by atoms with Gasteiger partial charge < -0.3 is 64.2 Å².